The standard InChI is InChI=1S/C19H23ClN4O4/c1-28-12-4-2-3-10(7-12)5-6-13-17(20)23-19(21)24-18(13)22-14-8-11(9-25)15(26)16(14)27/h2-7,11,14-16,25-27H,8-9H2,1H3,(H3,21,22,23,24)/b6-5+/t11-,14-,15-,16+/m1/s1. The first-order chi connectivity index (χ1) is 13.4. The van der Waals surface area contributed by atoms with E-state index < -0.39 is 24.2 Å². The van der Waals surface area contributed by atoms with Gasteiger partial charge in [0.1, 0.15) is 22.8 Å². The minimum absolute atomic E-state index is 0.0160. The van der Waals surface area contributed by atoms with E-state index in [1.54, 1.807) is 13.2 Å². The predicted octanol–water partition coefficient (Wildman–Crippen LogP) is 1.41. The van der Waals surface area contributed by atoms with Crippen LogP contribution in [0.25, 0.3) is 12.2 Å². The fraction of sp³-hybridized carbons (Fsp3) is 0.368. The molecule has 6 N–H and O–H groups in total. The maximum atomic E-state index is 10.3. The number of anilines is 2. The lowest BCUT2D eigenvalue weighted by atomic mass is 10.1. The second-order valence-electron chi connectivity index (χ2n) is 6.66. The van der Waals surface area contributed by atoms with Crippen LogP contribution in [-0.4, -0.2) is 57.3 Å². The number of halogens is 1. The number of hydrogen-bond acceptors (Lipinski definition) is 8. The molecule has 28 heavy (non-hydrogen) atoms. The molecule has 1 fully saturated rings. The van der Waals surface area contributed by atoms with Gasteiger partial charge in [-0.15, -0.1) is 0 Å². The van der Waals surface area contributed by atoms with Gasteiger partial charge in [0, 0.05) is 12.5 Å². The third-order valence-electron chi connectivity index (χ3n) is 4.81. The zero-order chi connectivity index (χ0) is 20.3. The lowest BCUT2D eigenvalue weighted by Gasteiger charge is -2.20. The number of aromatic nitrogens is 2. The van der Waals surface area contributed by atoms with Crippen molar-refractivity contribution in [3.05, 3.63) is 40.5 Å². The van der Waals surface area contributed by atoms with E-state index in [9.17, 15) is 15.3 Å². The van der Waals surface area contributed by atoms with Crippen molar-refractivity contribution in [1.82, 2.24) is 9.97 Å². The summed E-state index contributed by atoms with van der Waals surface area (Å²) in [5, 5.41) is 32.9. The number of rotatable bonds is 6. The van der Waals surface area contributed by atoms with Crippen LogP contribution < -0.4 is 15.8 Å². The van der Waals surface area contributed by atoms with Gasteiger partial charge in [-0.05, 0) is 30.2 Å². The Balaban J connectivity index is 1.89. The summed E-state index contributed by atoms with van der Waals surface area (Å²) in [4.78, 5) is 8.18. The number of nitrogens with one attached hydrogen (secondary N) is 1. The largest absolute Gasteiger partial charge is 0.497 e. The number of nitrogens with two attached hydrogens (primary N) is 1. The average Bonchev–Trinajstić information content (AvgIpc) is 2.95. The van der Waals surface area contributed by atoms with Crippen molar-refractivity contribution in [2.24, 2.45) is 5.92 Å². The number of benzene rings is 1. The number of nitrogens with zero attached hydrogens (tertiary/aromatic N) is 2. The number of aliphatic hydroxyl groups is 3. The molecule has 1 aromatic heterocycles. The molecule has 0 radical (unpaired) electrons. The highest BCUT2D eigenvalue weighted by molar-refractivity contribution is 6.31. The van der Waals surface area contributed by atoms with Crippen LogP contribution in [0.2, 0.25) is 5.15 Å². The summed E-state index contributed by atoms with van der Waals surface area (Å²) < 4.78 is 5.22. The number of methoxy groups -OCH3 is 1. The molecule has 9 heteroatoms. The van der Waals surface area contributed by atoms with E-state index in [2.05, 4.69) is 15.3 Å². The molecule has 4 atom stereocenters. The molecule has 3 rings (SSSR count). The van der Waals surface area contributed by atoms with E-state index >= 15 is 0 Å². The molecule has 1 heterocycles. The third-order valence-corrected chi connectivity index (χ3v) is 5.10. The Morgan fingerprint density at radius 3 is 2.75 bits per heavy atom. The molecule has 1 aliphatic rings. The molecule has 150 valence electrons. The Labute approximate surface area is 167 Å². The SMILES string of the molecule is COc1cccc(/C=C/c2c(Cl)nc(N)nc2N[C@@H]2C[C@H](CO)[C@@H](O)[C@H]2O)c1. The minimum Gasteiger partial charge on any atom is -0.497 e. The first-order valence-electron chi connectivity index (χ1n) is 8.81. The molecule has 0 bridgehead atoms. The molecule has 1 aliphatic carbocycles. The molecule has 8 nitrogen and oxygen atoms in total. The van der Waals surface area contributed by atoms with Gasteiger partial charge in [0.2, 0.25) is 5.95 Å². The molecule has 1 aromatic carbocycles. The molecular weight excluding hydrogens is 384 g/mol. The van der Waals surface area contributed by atoms with Crippen LogP contribution in [0, 0.1) is 5.92 Å². The van der Waals surface area contributed by atoms with Crippen molar-refractivity contribution in [1.29, 1.82) is 0 Å². The van der Waals surface area contributed by atoms with Crippen LogP contribution in [0.5, 0.6) is 5.75 Å². The van der Waals surface area contributed by atoms with Crippen molar-refractivity contribution in [3.63, 3.8) is 0 Å². The zero-order valence-electron chi connectivity index (χ0n) is 15.3. The van der Waals surface area contributed by atoms with E-state index in [0.717, 1.165) is 11.3 Å². The predicted molar refractivity (Wildman–Crippen MR) is 108 cm³/mol. The molecule has 2 aromatic rings. The maximum absolute atomic E-state index is 10.3. The van der Waals surface area contributed by atoms with Gasteiger partial charge in [-0.25, -0.2) is 4.98 Å². The van der Waals surface area contributed by atoms with Gasteiger partial charge in [0.25, 0.3) is 0 Å². The van der Waals surface area contributed by atoms with Crippen LogP contribution in [-0.2, 0) is 0 Å². The van der Waals surface area contributed by atoms with Crippen molar-refractivity contribution in [2.75, 3.05) is 24.8 Å². The van der Waals surface area contributed by atoms with Crippen LogP contribution >= 0.6 is 11.6 Å². The van der Waals surface area contributed by atoms with E-state index in [-0.39, 0.29) is 17.7 Å². The second-order valence-corrected chi connectivity index (χ2v) is 7.01. The topological polar surface area (TPSA) is 134 Å². The molecule has 0 saturated heterocycles. The fourth-order valence-electron chi connectivity index (χ4n) is 3.27. The van der Waals surface area contributed by atoms with Crippen LogP contribution in [0.4, 0.5) is 11.8 Å². The number of aliphatic hydroxyl groups excluding tert-OH is 3. The van der Waals surface area contributed by atoms with Crippen molar-refractivity contribution in [3.8, 4) is 5.75 Å². The van der Waals surface area contributed by atoms with E-state index in [1.165, 1.54) is 0 Å². The normalized spacial score (nSPS) is 24.6. The van der Waals surface area contributed by atoms with Crippen LogP contribution in [0.3, 0.4) is 0 Å². The number of ether oxygens (including phenoxy) is 1. The van der Waals surface area contributed by atoms with Gasteiger partial charge in [-0.2, -0.15) is 4.98 Å². The van der Waals surface area contributed by atoms with Crippen molar-refractivity contribution < 1.29 is 20.1 Å². The first kappa shape index (κ1) is 20.3. The summed E-state index contributed by atoms with van der Waals surface area (Å²) in [6, 6.07) is 6.96. The summed E-state index contributed by atoms with van der Waals surface area (Å²) in [6.45, 7) is -0.217. The molecule has 0 spiro atoms. The Kier molecular flexibility index (Phi) is 6.35. The first-order valence-corrected chi connectivity index (χ1v) is 9.19. The minimum atomic E-state index is -1.05. The van der Waals surface area contributed by atoms with Crippen molar-refractivity contribution >= 4 is 35.5 Å². The number of hydrogen-bond donors (Lipinski definition) is 5. The molecule has 1 saturated carbocycles. The Bertz CT molecular complexity index is 864. The molecule has 0 aliphatic heterocycles. The van der Waals surface area contributed by atoms with Gasteiger partial charge in [0.05, 0.1) is 24.8 Å². The molecular formula is C19H23ClN4O4. The van der Waals surface area contributed by atoms with E-state index in [1.807, 2.05) is 30.3 Å². The monoisotopic (exact) mass is 406 g/mol. The van der Waals surface area contributed by atoms with Gasteiger partial charge >= 0.3 is 0 Å². The zero-order valence-corrected chi connectivity index (χ0v) is 16.0. The number of nitrogen functional groups attached to an aromatic ring is 1. The summed E-state index contributed by atoms with van der Waals surface area (Å²) in [6.07, 6.45) is 1.86. The van der Waals surface area contributed by atoms with Crippen molar-refractivity contribution in [2.45, 2.75) is 24.7 Å². The van der Waals surface area contributed by atoms with E-state index in [4.69, 9.17) is 22.1 Å². The smallest absolute Gasteiger partial charge is 0.223 e. The Morgan fingerprint density at radius 1 is 1.29 bits per heavy atom. The molecule has 0 amide bonds. The highest BCUT2D eigenvalue weighted by atomic mass is 35.5. The fourth-order valence-corrected chi connectivity index (χ4v) is 3.50. The van der Waals surface area contributed by atoms with Gasteiger partial charge in [-0.3, -0.25) is 0 Å². The Morgan fingerprint density at radius 2 is 2.07 bits per heavy atom. The maximum Gasteiger partial charge on any atom is 0.223 e. The lowest BCUT2D eigenvalue weighted by molar-refractivity contribution is 0.00445. The van der Waals surface area contributed by atoms with Crippen LogP contribution in [0.15, 0.2) is 24.3 Å². The van der Waals surface area contributed by atoms with Gasteiger partial charge < -0.3 is 31.1 Å². The quantitative estimate of drug-likeness (QED) is 0.454. The summed E-state index contributed by atoms with van der Waals surface area (Å²) >= 11 is 6.27. The summed E-state index contributed by atoms with van der Waals surface area (Å²) in [5.74, 6) is 0.625. The summed E-state index contributed by atoms with van der Waals surface area (Å²) in [7, 11) is 1.59. The lowest BCUT2D eigenvalue weighted by Crippen LogP contribution is -2.35. The average molecular weight is 407 g/mol. The Hall–Kier alpha value is -2.39. The molecule has 0 unspecified atom stereocenters. The van der Waals surface area contributed by atoms with Gasteiger partial charge in [-0.1, -0.05) is 29.8 Å². The third kappa shape index (κ3) is 4.36. The van der Waals surface area contributed by atoms with Gasteiger partial charge in [0.15, 0.2) is 0 Å². The highest BCUT2D eigenvalue weighted by Crippen LogP contribution is 2.31. The highest BCUT2D eigenvalue weighted by Gasteiger charge is 2.41. The van der Waals surface area contributed by atoms with Crippen LogP contribution in [0.1, 0.15) is 17.5 Å². The van der Waals surface area contributed by atoms with E-state index in [0.29, 0.717) is 17.8 Å². The summed E-state index contributed by atoms with van der Waals surface area (Å²) in [5.41, 5.74) is 7.10. The second kappa shape index (κ2) is 8.74.